The summed E-state index contributed by atoms with van der Waals surface area (Å²) in [4.78, 5) is 1.98. The monoisotopic (exact) mass is 307 g/mol. The van der Waals surface area contributed by atoms with Gasteiger partial charge in [-0.05, 0) is 18.6 Å². The highest BCUT2D eigenvalue weighted by atomic mass is 35.5. The van der Waals surface area contributed by atoms with Crippen LogP contribution in [-0.4, -0.2) is 33.0 Å². The molecule has 0 bridgehead atoms. The van der Waals surface area contributed by atoms with Gasteiger partial charge in [0.05, 0.1) is 17.4 Å². The standard InChI is InChI=1S/C12H15Cl2NO2S/c1-15(9-5-6-18(16,17)8-9)12-4-2-3-11(14)10(12)7-13/h2-4,9H,5-8H2,1H3. The Labute approximate surface area is 118 Å². The number of benzene rings is 1. The van der Waals surface area contributed by atoms with Gasteiger partial charge in [-0.25, -0.2) is 8.42 Å². The summed E-state index contributed by atoms with van der Waals surface area (Å²) in [6.07, 6.45) is 0.660. The van der Waals surface area contributed by atoms with E-state index in [1.165, 1.54) is 0 Å². The fraction of sp³-hybridized carbons (Fsp3) is 0.500. The molecule has 3 nitrogen and oxygen atoms in total. The fourth-order valence-electron chi connectivity index (χ4n) is 2.29. The summed E-state index contributed by atoms with van der Waals surface area (Å²) >= 11 is 12.0. The molecule has 0 N–H and O–H groups in total. The van der Waals surface area contributed by atoms with E-state index < -0.39 is 9.84 Å². The second-order valence-electron chi connectivity index (χ2n) is 4.54. The van der Waals surface area contributed by atoms with Gasteiger partial charge in [0, 0.05) is 29.4 Å². The maximum atomic E-state index is 11.5. The molecule has 1 heterocycles. The summed E-state index contributed by atoms with van der Waals surface area (Å²) in [5, 5.41) is 0.621. The second kappa shape index (κ2) is 5.27. The first kappa shape index (κ1) is 14.0. The maximum Gasteiger partial charge on any atom is 0.152 e. The summed E-state index contributed by atoms with van der Waals surface area (Å²) in [5.74, 6) is 0.787. The van der Waals surface area contributed by atoms with E-state index in [1.807, 2.05) is 24.1 Å². The second-order valence-corrected chi connectivity index (χ2v) is 7.44. The van der Waals surface area contributed by atoms with E-state index >= 15 is 0 Å². The Morgan fingerprint density at radius 3 is 2.72 bits per heavy atom. The zero-order valence-electron chi connectivity index (χ0n) is 10.1. The van der Waals surface area contributed by atoms with Crippen molar-refractivity contribution in [1.29, 1.82) is 0 Å². The molecule has 1 atom stereocenters. The number of halogens is 2. The molecule has 0 amide bonds. The lowest BCUT2D eigenvalue weighted by molar-refractivity contribution is 0.601. The highest BCUT2D eigenvalue weighted by molar-refractivity contribution is 7.91. The molecule has 1 aromatic rings. The summed E-state index contributed by atoms with van der Waals surface area (Å²) in [7, 11) is -0.990. The molecule has 0 aliphatic carbocycles. The topological polar surface area (TPSA) is 37.4 Å². The van der Waals surface area contributed by atoms with E-state index in [1.54, 1.807) is 6.07 Å². The lowest BCUT2D eigenvalue weighted by Crippen LogP contribution is -2.33. The van der Waals surface area contributed by atoms with Crippen LogP contribution < -0.4 is 4.90 Å². The summed E-state index contributed by atoms with van der Waals surface area (Å²) in [6, 6.07) is 5.58. The van der Waals surface area contributed by atoms with Crippen LogP contribution in [0.3, 0.4) is 0 Å². The van der Waals surface area contributed by atoms with E-state index in [2.05, 4.69) is 0 Å². The van der Waals surface area contributed by atoms with Crippen molar-refractivity contribution in [2.24, 2.45) is 0 Å². The van der Waals surface area contributed by atoms with Crippen molar-refractivity contribution in [3.8, 4) is 0 Å². The SMILES string of the molecule is CN(c1cccc(Cl)c1CCl)C1CCS(=O)(=O)C1. The highest BCUT2D eigenvalue weighted by Crippen LogP contribution is 2.31. The molecule has 1 saturated heterocycles. The van der Waals surface area contributed by atoms with Crippen LogP contribution in [0.5, 0.6) is 0 Å². The van der Waals surface area contributed by atoms with Gasteiger partial charge in [0.1, 0.15) is 0 Å². The van der Waals surface area contributed by atoms with E-state index in [4.69, 9.17) is 23.2 Å². The Morgan fingerprint density at radius 2 is 2.17 bits per heavy atom. The van der Waals surface area contributed by atoms with Gasteiger partial charge in [0.25, 0.3) is 0 Å². The number of hydrogen-bond donors (Lipinski definition) is 0. The third-order valence-corrected chi connectivity index (χ3v) is 5.74. The number of hydrogen-bond acceptors (Lipinski definition) is 3. The van der Waals surface area contributed by atoms with Gasteiger partial charge in [0.15, 0.2) is 9.84 Å². The molecule has 0 spiro atoms. The Bertz CT molecular complexity index is 545. The number of rotatable bonds is 3. The maximum absolute atomic E-state index is 11.5. The molecule has 100 valence electrons. The van der Waals surface area contributed by atoms with Crippen LogP contribution in [-0.2, 0) is 15.7 Å². The fourth-order valence-corrected chi connectivity index (χ4v) is 4.65. The van der Waals surface area contributed by atoms with Crippen LogP contribution >= 0.6 is 23.2 Å². The van der Waals surface area contributed by atoms with Crippen molar-refractivity contribution in [3.63, 3.8) is 0 Å². The zero-order chi connectivity index (χ0) is 13.3. The van der Waals surface area contributed by atoms with Gasteiger partial charge in [-0.2, -0.15) is 0 Å². The van der Waals surface area contributed by atoms with Crippen molar-refractivity contribution in [1.82, 2.24) is 0 Å². The molecular formula is C12H15Cl2NO2S. The third-order valence-electron chi connectivity index (χ3n) is 3.36. The summed E-state index contributed by atoms with van der Waals surface area (Å²) < 4.78 is 23.0. The molecule has 0 radical (unpaired) electrons. The minimum absolute atomic E-state index is 0.00966. The lowest BCUT2D eigenvalue weighted by Gasteiger charge is -2.28. The minimum atomic E-state index is -2.89. The predicted octanol–water partition coefficient (Wildman–Crippen LogP) is 2.70. The summed E-state index contributed by atoms with van der Waals surface area (Å²) in [5.41, 5.74) is 1.77. The molecule has 0 saturated carbocycles. The third kappa shape index (κ3) is 2.76. The van der Waals surface area contributed by atoms with Crippen molar-refractivity contribution in [2.75, 3.05) is 23.5 Å². The van der Waals surface area contributed by atoms with Gasteiger partial charge in [-0.15, -0.1) is 11.6 Å². The van der Waals surface area contributed by atoms with Crippen molar-refractivity contribution >= 4 is 38.7 Å². The quantitative estimate of drug-likeness (QED) is 0.806. The molecule has 1 aliphatic heterocycles. The van der Waals surface area contributed by atoms with E-state index in [0.717, 1.165) is 11.3 Å². The average molecular weight is 308 g/mol. The van der Waals surface area contributed by atoms with Crippen molar-refractivity contribution in [3.05, 3.63) is 28.8 Å². The van der Waals surface area contributed by atoms with Gasteiger partial charge >= 0.3 is 0 Å². The van der Waals surface area contributed by atoms with E-state index in [9.17, 15) is 8.42 Å². The highest BCUT2D eigenvalue weighted by Gasteiger charge is 2.31. The summed E-state index contributed by atoms with van der Waals surface area (Å²) in [6.45, 7) is 0. The molecular weight excluding hydrogens is 293 g/mol. The lowest BCUT2D eigenvalue weighted by atomic mass is 10.1. The Morgan fingerprint density at radius 1 is 1.44 bits per heavy atom. The number of sulfone groups is 1. The van der Waals surface area contributed by atoms with E-state index in [0.29, 0.717) is 17.3 Å². The van der Waals surface area contributed by atoms with Crippen LogP contribution in [0.4, 0.5) is 5.69 Å². The van der Waals surface area contributed by atoms with Gasteiger partial charge in [-0.1, -0.05) is 17.7 Å². The largest absolute Gasteiger partial charge is 0.370 e. The Kier molecular flexibility index (Phi) is 4.09. The molecule has 1 aliphatic rings. The first-order chi connectivity index (χ1) is 8.44. The zero-order valence-corrected chi connectivity index (χ0v) is 12.4. The van der Waals surface area contributed by atoms with Crippen molar-refractivity contribution in [2.45, 2.75) is 18.3 Å². The first-order valence-corrected chi connectivity index (χ1v) is 8.44. The normalized spacial score (nSPS) is 22.1. The van der Waals surface area contributed by atoms with Crippen LogP contribution in [0.25, 0.3) is 0 Å². The van der Waals surface area contributed by atoms with Crippen molar-refractivity contribution < 1.29 is 8.42 Å². The molecule has 6 heteroatoms. The number of nitrogens with zero attached hydrogens (tertiary/aromatic N) is 1. The van der Waals surface area contributed by atoms with Crippen LogP contribution in [0.2, 0.25) is 5.02 Å². The number of anilines is 1. The first-order valence-electron chi connectivity index (χ1n) is 5.71. The molecule has 1 fully saturated rings. The molecule has 1 aromatic carbocycles. The van der Waals surface area contributed by atoms with Crippen LogP contribution in [0.15, 0.2) is 18.2 Å². The molecule has 1 unspecified atom stereocenters. The smallest absolute Gasteiger partial charge is 0.152 e. The minimum Gasteiger partial charge on any atom is -0.370 e. The average Bonchev–Trinajstić information content (AvgIpc) is 2.68. The molecule has 0 aromatic heterocycles. The Balaban J connectivity index is 2.29. The van der Waals surface area contributed by atoms with Crippen LogP contribution in [0.1, 0.15) is 12.0 Å². The number of alkyl halides is 1. The van der Waals surface area contributed by atoms with E-state index in [-0.39, 0.29) is 17.5 Å². The van der Waals surface area contributed by atoms with Gasteiger partial charge < -0.3 is 4.90 Å². The molecule has 2 rings (SSSR count). The molecule has 18 heavy (non-hydrogen) atoms. The van der Waals surface area contributed by atoms with Crippen LogP contribution in [0, 0.1) is 0 Å². The predicted molar refractivity (Wildman–Crippen MR) is 76.5 cm³/mol. The van der Waals surface area contributed by atoms with Gasteiger partial charge in [0.2, 0.25) is 0 Å². The Hall–Kier alpha value is -0.450. The van der Waals surface area contributed by atoms with Gasteiger partial charge in [-0.3, -0.25) is 0 Å².